The van der Waals surface area contributed by atoms with Gasteiger partial charge in [0, 0.05) is 6.54 Å². The Morgan fingerprint density at radius 3 is 2.64 bits per heavy atom. The third kappa shape index (κ3) is 3.73. The fourth-order valence-corrected chi connectivity index (χ4v) is 1.39. The quantitative estimate of drug-likeness (QED) is 0.365. The standard InChI is InChI=1S/C9H18N4O/c1-4-8(9(14)12-11)13(3)6-7(2)5-10/h7-8H,4,6,11H2,1-3H3,(H,12,14). The topological polar surface area (TPSA) is 82.2 Å². The van der Waals surface area contributed by atoms with Crippen molar-refractivity contribution in [3.8, 4) is 6.07 Å². The van der Waals surface area contributed by atoms with E-state index in [0.717, 1.165) is 0 Å². The molecule has 0 saturated heterocycles. The molecule has 0 aromatic rings. The average Bonchev–Trinajstić information content (AvgIpc) is 2.18. The number of nitrogens with one attached hydrogen (secondary N) is 1. The molecule has 2 atom stereocenters. The van der Waals surface area contributed by atoms with Crippen LogP contribution in [0.15, 0.2) is 0 Å². The molecule has 14 heavy (non-hydrogen) atoms. The number of nitrogens with two attached hydrogens (primary N) is 1. The zero-order valence-electron chi connectivity index (χ0n) is 8.95. The van der Waals surface area contributed by atoms with Gasteiger partial charge >= 0.3 is 0 Å². The smallest absolute Gasteiger partial charge is 0.251 e. The molecule has 0 saturated carbocycles. The van der Waals surface area contributed by atoms with Crippen LogP contribution in [0.2, 0.25) is 0 Å². The van der Waals surface area contributed by atoms with Crippen LogP contribution in [-0.2, 0) is 4.79 Å². The minimum absolute atomic E-state index is 0.0837. The van der Waals surface area contributed by atoms with Crippen molar-refractivity contribution in [1.82, 2.24) is 10.3 Å². The van der Waals surface area contributed by atoms with E-state index in [9.17, 15) is 4.79 Å². The molecule has 3 N–H and O–H groups in total. The molecule has 5 nitrogen and oxygen atoms in total. The Labute approximate surface area is 84.8 Å². The zero-order chi connectivity index (χ0) is 11.1. The van der Waals surface area contributed by atoms with Gasteiger partial charge in [0.15, 0.2) is 0 Å². The van der Waals surface area contributed by atoms with E-state index in [2.05, 4.69) is 11.5 Å². The number of rotatable bonds is 5. The summed E-state index contributed by atoms with van der Waals surface area (Å²) in [5.74, 6) is 4.77. The van der Waals surface area contributed by atoms with Crippen molar-refractivity contribution >= 4 is 5.91 Å². The highest BCUT2D eigenvalue weighted by Crippen LogP contribution is 2.05. The first-order valence-electron chi connectivity index (χ1n) is 4.67. The second-order valence-corrected chi connectivity index (χ2v) is 3.40. The first-order chi connectivity index (χ1) is 6.56. The highest BCUT2D eigenvalue weighted by Gasteiger charge is 2.21. The molecule has 80 valence electrons. The Morgan fingerprint density at radius 1 is 1.71 bits per heavy atom. The van der Waals surface area contributed by atoms with E-state index in [4.69, 9.17) is 11.1 Å². The summed E-state index contributed by atoms with van der Waals surface area (Å²) in [6.45, 7) is 4.31. The molecular weight excluding hydrogens is 180 g/mol. The molecule has 0 bridgehead atoms. The van der Waals surface area contributed by atoms with Gasteiger partial charge in [0.05, 0.1) is 18.0 Å². The van der Waals surface area contributed by atoms with Gasteiger partial charge < -0.3 is 0 Å². The predicted molar refractivity (Wildman–Crippen MR) is 53.8 cm³/mol. The van der Waals surface area contributed by atoms with Crippen LogP contribution < -0.4 is 11.3 Å². The fraction of sp³-hybridized carbons (Fsp3) is 0.778. The molecule has 0 aromatic carbocycles. The summed E-state index contributed by atoms with van der Waals surface area (Å²) in [7, 11) is 1.82. The van der Waals surface area contributed by atoms with E-state index in [1.807, 2.05) is 25.8 Å². The lowest BCUT2D eigenvalue weighted by molar-refractivity contribution is -0.126. The van der Waals surface area contributed by atoms with Crippen LogP contribution in [0, 0.1) is 17.2 Å². The lowest BCUT2D eigenvalue weighted by Gasteiger charge is -2.25. The van der Waals surface area contributed by atoms with Gasteiger partial charge in [0.1, 0.15) is 0 Å². The predicted octanol–water partition coefficient (Wildman–Crippen LogP) is -0.154. The lowest BCUT2D eigenvalue weighted by atomic mass is 10.1. The molecule has 0 aliphatic carbocycles. The number of carbonyl (C=O) groups excluding carboxylic acids is 1. The van der Waals surface area contributed by atoms with Gasteiger partial charge in [-0.05, 0) is 20.4 Å². The molecule has 5 heteroatoms. The summed E-state index contributed by atoms with van der Waals surface area (Å²) in [5.41, 5.74) is 2.12. The summed E-state index contributed by atoms with van der Waals surface area (Å²) in [5, 5.41) is 8.63. The van der Waals surface area contributed by atoms with Crippen LogP contribution in [0.5, 0.6) is 0 Å². The van der Waals surface area contributed by atoms with E-state index in [1.54, 1.807) is 0 Å². The molecule has 0 aliphatic rings. The number of carbonyl (C=O) groups is 1. The lowest BCUT2D eigenvalue weighted by Crippen LogP contribution is -2.48. The van der Waals surface area contributed by atoms with Gasteiger partial charge in [-0.25, -0.2) is 5.84 Å². The normalized spacial score (nSPS) is 14.6. The Kier molecular flexibility index (Phi) is 5.84. The Balaban J connectivity index is 4.25. The maximum atomic E-state index is 11.3. The largest absolute Gasteiger partial charge is 0.294 e. The Morgan fingerprint density at radius 2 is 2.29 bits per heavy atom. The van der Waals surface area contributed by atoms with Crippen LogP contribution in [-0.4, -0.2) is 30.4 Å². The molecule has 0 heterocycles. The number of hydrogen-bond donors (Lipinski definition) is 2. The van der Waals surface area contributed by atoms with Gasteiger partial charge in [-0.2, -0.15) is 5.26 Å². The van der Waals surface area contributed by atoms with Crippen molar-refractivity contribution in [3.63, 3.8) is 0 Å². The van der Waals surface area contributed by atoms with E-state index in [1.165, 1.54) is 0 Å². The number of nitriles is 1. The number of hydrazine groups is 1. The SMILES string of the molecule is CCC(C(=O)NN)N(C)CC(C)C#N. The number of hydrogen-bond acceptors (Lipinski definition) is 4. The van der Waals surface area contributed by atoms with Crippen molar-refractivity contribution < 1.29 is 4.79 Å². The average molecular weight is 198 g/mol. The second kappa shape index (κ2) is 6.35. The van der Waals surface area contributed by atoms with E-state index in [-0.39, 0.29) is 17.9 Å². The minimum atomic E-state index is -0.254. The van der Waals surface area contributed by atoms with E-state index < -0.39 is 0 Å². The van der Waals surface area contributed by atoms with Crippen molar-refractivity contribution in [2.45, 2.75) is 26.3 Å². The molecule has 0 radical (unpaired) electrons. The summed E-state index contributed by atoms with van der Waals surface area (Å²) in [6, 6.07) is 1.87. The third-order valence-electron chi connectivity index (χ3n) is 2.15. The number of likely N-dealkylation sites (N-methyl/N-ethyl adjacent to an activating group) is 1. The highest BCUT2D eigenvalue weighted by molar-refractivity contribution is 5.80. The van der Waals surface area contributed by atoms with Crippen molar-refractivity contribution in [3.05, 3.63) is 0 Å². The van der Waals surface area contributed by atoms with E-state index >= 15 is 0 Å². The van der Waals surface area contributed by atoms with Crippen LogP contribution in [0.1, 0.15) is 20.3 Å². The van der Waals surface area contributed by atoms with Gasteiger partial charge in [-0.15, -0.1) is 0 Å². The summed E-state index contributed by atoms with van der Waals surface area (Å²) < 4.78 is 0. The van der Waals surface area contributed by atoms with Gasteiger partial charge in [0.25, 0.3) is 5.91 Å². The molecule has 0 aliphatic heterocycles. The van der Waals surface area contributed by atoms with Crippen LogP contribution in [0.3, 0.4) is 0 Å². The third-order valence-corrected chi connectivity index (χ3v) is 2.15. The molecular formula is C9H18N4O. The molecule has 0 fully saturated rings. The minimum Gasteiger partial charge on any atom is -0.294 e. The monoisotopic (exact) mass is 198 g/mol. The van der Waals surface area contributed by atoms with Gasteiger partial charge in [0.2, 0.25) is 0 Å². The molecule has 0 spiro atoms. The van der Waals surface area contributed by atoms with Crippen LogP contribution in [0.25, 0.3) is 0 Å². The zero-order valence-corrected chi connectivity index (χ0v) is 8.95. The highest BCUT2D eigenvalue weighted by atomic mass is 16.2. The maximum Gasteiger partial charge on any atom is 0.251 e. The first kappa shape index (κ1) is 12.9. The van der Waals surface area contributed by atoms with Crippen LogP contribution in [0.4, 0.5) is 0 Å². The van der Waals surface area contributed by atoms with Crippen LogP contribution >= 0.6 is 0 Å². The van der Waals surface area contributed by atoms with Crippen molar-refractivity contribution in [2.24, 2.45) is 11.8 Å². The summed E-state index contributed by atoms with van der Waals surface area (Å²) in [4.78, 5) is 13.1. The second-order valence-electron chi connectivity index (χ2n) is 3.40. The molecule has 1 amide bonds. The Bertz CT molecular complexity index is 223. The number of nitrogens with zero attached hydrogens (tertiary/aromatic N) is 2. The summed E-state index contributed by atoms with van der Waals surface area (Å²) in [6.07, 6.45) is 0.678. The number of amides is 1. The maximum absolute atomic E-state index is 11.3. The Hall–Kier alpha value is -1.12. The van der Waals surface area contributed by atoms with Crippen molar-refractivity contribution in [2.75, 3.05) is 13.6 Å². The molecule has 0 rings (SSSR count). The molecule has 0 aromatic heterocycles. The molecule has 2 unspecified atom stereocenters. The van der Waals surface area contributed by atoms with Gasteiger partial charge in [-0.1, -0.05) is 6.92 Å². The van der Waals surface area contributed by atoms with Gasteiger partial charge in [-0.3, -0.25) is 15.1 Å². The first-order valence-corrected chi connectivity index (χ1v) is 4.67. The van der Waals surface area contributed by atoms with Crippen molar-refractivity contribution in [1.29, 1.82) is 5.26 Å². The summed E-state index contributed by atoms with van der Waals surface area (Å²) >= 11 is 0. The fourth-order valence-electron chi connectivity index (χ4n) is 1.39. The van der Waals surface area contributed by atoms with E-state index in [0.29, 0.717) is 13.0 Å².